The Morgan fingerprint density at radius 1 is 1.32 bits per heavy atom. The normalized spacial score (nSPS) is 28.4. The minimum absolute atomic E-state index is 0. The van der Waals surface area contributed by atoms with E-state index < -0.39 is 0 Å². The molecule has 5 nitrogen and oxygen atoms in total. The number of halogens is 1. The maximum Gasteiger partial charge on any atom is 0.194 e. The van der Waals surface area contributed by atoms with Crippen LogP contribution in [-0.4, -0.2) is 63.0 Å². The molecular formula is C19H38IN3O2. The number of hydrogen-bond acceptors (Lipinski definition) is 3. The summed E-state index contributed by atoms with van der Waals surface area (Å²) in [6.45, 7) is 13.6. The summed E-state index contributed by atoms with van der Waals surface area (Å²) in [4.78, 5) is 7.14. The van der Waals surface area contributed by atoms with Crippen molar-refractivity contribution in [2.75, 3.05) is 40.0 Å². The molecule has 0 spiro atoms. The SMILES string of the molecule is CCCCOC1CC(NC(=NCC)N2CCC(COC)C2)C1(C)C.I. The van der Waals surface area contributed by atoms with Crippen LogP contribution in [-0.2, 0) is 9.47 Å². The number of nitrogens with zero attached hydrogens (tertiary/aromatic N) is 2. The fourth-order valence-corrected chi connectivity index (χ4v) is 3.72. The molecule has 3 atom stereocenters. The first-order chi connectivity index (χ1) is 11.5. The number of rotatable bonds is 8. The molecule has 1 saturated carbocycles. The molecule has 1 aliphatic carbocycles. The topological polar surface area (TPSA) is 46.1 Å². The molecule has 2 rings (SSSR count). The van der Waals surface area contributed by atoms with Crippen molar-refractivity contribution in [3.05, 3.63) is 0 Å². The van der Waals surface area contributed by atoms with Crippen LogP contribution in [0.2, 0.25) is 0 Å². The van der Waals surface area contributed by atoms with Crippen molar-refractivity contribution in [3.8, 4) is 0 Å². The van der Waals surface area contributed by atoms with Gasteiger partial charge in [0.15, 0.2) is 5.96 Å². The molecule has 25 heavy (non-hydrogen) atoms. The Morgan fingerprint density at radius 2 is 2.08 bits per heavy atom. The fraction of sp³-hybridized carbons (Fsp3) is 0.947. The molecule has 1 N–H and O–H groups in total. The first-order valence-corrected chi connectivity index (χ1v) is 9.69. The average Bonchev–Trinajstić information content (AvgIpc) is 3.01. The van der Waals surface area contributed by atoms with Gasteiger partial charge in [-0.1, -0.05) is 27.2 Å². The summed E-state index contributed by atoms with van der Waals surface area (Å²) in [5.41, 5.74) is 0.161. The molecule has 0 aromatic rings. The average molecular weight is 467 g/mol. The Labute approximate surface area is 171 Å². The molecule has 0 aromatic carbocycles. The molecule has 3 unspecified atom stereocenters. The van der Waals surface area contributed by atoms with Crippen molar-refractivity contribution >= 4 is 29.9 Å². The summed E-state index contributed by atoms with van der Waals surface area (Å²) in [7, 11) is 1.79. The molecular weight excluding hydrogens is 429 g/mol. The van der Waals surface area contributed by atoms with E-state index in [0.29, 0.717) is 18.1 Å². The zero-order chi connectivity index (χ0) is 17.6. The number of unbranched alkanes of at least 4 members (excludes halogenated alkanes) is 1. The monoisotopic (exact) mass is 467 g/mol. The fourth-order valence-electron chi connectivity index (χ4n) is 3.72. The van der Waals surface area contributed by atoms with E-state index >= 15 is 0 Å². The van der Waals surface area contributed by atoms with Gasteiger partial charge in [-0.25, -0.2) is 0 Å². The number of aliphatic imine (C=N–C) groups is 1. The lowest BCUT2D eigenvalue weighted by Gasteiger charge is -2.52. The van der Waals surface area contributed by atoms with E-state index in [1.54, 1.807) is 7.11 Å². The van der Waals surface area contributed by atoms with Gasteiger partial charge in [0.1, 0.15) is 0 Å². The third kappa shape index (κ3) is 5.96. The van der Waals surface area contributed by atoms with Crippen molar-refractivity contribution in [1.29, 1.82) is 0 Å². The molecule has 6 heteroatoms. The summed E-state index contributed by atoms with van der Waals surface area (Å²) in [5.74, 6) is 1.69. The lowest BCUT2D eigenvalue weighted by atomic mass is 9.64. The predicted octanol–water partition coefficient (Wildman–Crippen LogP) is 3.52. The van der Waals surface area contributed by atoms with Crippen LogP contribution in [0.15, 0.2) is 4.99 Å². The molecule has 0 aromatic heterocycles. The Balaban J connectivity index is 0.00000312. The maximum absolute atomic E-state index is 6.07. The van der Waals surface area contributed by atoms with Crippen molar-refractivity contribution in [2.24, 2.45) is 16.3 Å². The van der Waals surface area contributed by atoms with Crippen LogP contribution in [0.1, 0.15) is 53.4 Å². The molecule has 0 amide bonds. The summed E-state index contributed by atoms with van der Waals surface area (Å²) in [6, 6.07) is 0.441. The lowest BCUT2D eigenvalue weighted by Crippen LogP contribution is -2.63. The molecule has 148 valence electrons. The van der Waals surface area contributed by atoms with E-state index in [2.05, 4.69) is 37.9 Å². The van der Waals surface area contributed by atoms with Crippen LogP contribution < -0.4 is 5.32 Å². The van der Waals surface area contributed by atoms with Crippen molar-refractivity contribution < 1.29 is 9.47 Å². The highest BCUT2D eigenvalue weighted by Crippen LogP contribution is 2.43. The van der Waals surface area contributed by atoms with Crippen LogP contribution >= 0.6 is 24.0 Å². The predicted molar refractivity (Wildman–Crippen MR) is 115 cm³/mol. The minimum Gasteiger partial charge on any atom is -0.384 e. The minimum atomic E-state index is 0. The van der Waals surface area contributed by atoms with E-state index in [9.17, 15) is 0 Å². The largest absolute Gasteiger partial charge is 0.384 e. The first kappa shape index (κ1) is 23.0. The van der Waals surface area contributed by atoms with Gasteiger partial charge >= 0.3 is 0 Å². The summed E-state index contributed by atoms with van der Waals surface area (Å²) in [6.07, 6.45) is 4.98. The smallest absolute Gasteiger partial charge is 0.194 e. The number of likely N-dealkylation sites (tertiary alicyclic amines) is 1. The second-order valence-electron chi connectivity index (χ2n) is 7.82. The number of hydrogen-bond donors (Lipinski definition) is 1. The van der Waals surface area contributed by atoms with E-state index in [4.69, 9.17) is 14.5 Å². The van der Waals surface area contributed by atoms with Gasteiger partial charge in [-0.05, 0) is 26.2 Å². The van der Waals surface area contributed by atoms with Gasteiger partial charge in [0.05, 0.1) is 12.7 Å². The van der Waals surface area contributed by atoms with Gasteiger partial charge in [0.2, 0.25) is 0 Å². The first-order valence-electron chi connectivity index (χ1n) is 9.69. The molecule has 1 heterocycles. The summed E-state index contributed by atoms with van der Waals surface area (Å²) >= 11 is 0. The molecule has 1 aliphatic heterocycles. The van der Waals surface area contributed by atoms with Crippen molar-refractivity contribution in [3.63, 3.8) is 0 Å². The Hall–Kier alpha value is -0.0800. The van der Waals surface area contributed by atoms with E-state index in [-0.39, 0.29) is 29.4 Å². The molecule has 2 aliphatic rings. The number of guanidine groups is 1. The van der Waals surface area contributed by atoms with E-state index in [0.717, 1.165) is 51.6 Å². The van der Waals surface area contributed by atoms with Crippen LogP contribution in [0.4, 0.5) is 0 Å². The molecule has 0 bridgehead atoms. The van der Waals surface area contributed by atoms with Crippen LogP contribution in [0.5, 0.6) is 0 Å². The highest BCUT2D eigenvalue weighted by Gasteiger charge is 2.49. The van der Waals surface area contributed by atoms with Gasteiger partial charge < -0.3 is 19.7 Å². The van der Waals surface area contributed by atoms with Gasteiger partial charge in [0, 0.05) is 50.7 Å². The second-order valence-corrected chi connectivity index (χ2v) is 7.82. The van der Waals surface area contributed by atoms with Crippen LogP contribution in [0.3, 0.4) is 0 Å². The van der Waals surface area contributed by atoms with Gasteiger partial charge in [-0.15, -0.1) is 24.0 Å². The zero-order valence-corrected chi connectivity index (χ0v) is 19.0. The van der Waals surface area contributed by atoms with Crippen LogP contribution in [0, 0.1) is 11.3 Å². The zero-order valence-electron chi connectivity index (χ0n) is 16.7. The van der Waals surface area contributed by atoms with Gasteiger partial charge in [-0.2, -0.15) is 0 Å². The summed E-state index contributed by atoms with van der Waals surface area (Å²) in [5, 5.41) is 3.72. The Bertz CT molecular complexity index is 417. The van der Waals surface area contributed by atoms with Crippen LogP contribution in [0.25, 0.3) is 0 Å². The highest BCUT2D eigenvalue weighted by atomic mass is 127. The number of methoxy groups -OCH3 is 1. The molecule has 0 radical (unpaired) electrons. The van der Waals surface area contributed by atoms with E-state index in [1.807, 2.05) is 0 Å². The lowest BCUT2D eigenvalue weighted by molar-refractivity contribution is -0.114. The third-order valence-corrected chi connectivity index (χ3v) is 5.59. The maximum atomic E-state index is 6.07. The second kappa shape index (κ2) is 10.9. The Morgan fingerprint density at radius 3 is 2.68 bits per heavy atom. The van der Waals surface area contributed by atoms with Gasteiger partial charge in [0.25, 0.3) is 0 Å². The van der Waals surface area contributed by atoms with Crippen molar-refractivity contribution in [2.45, 2.75) is 65.5 Å². The highest BCUT2D eigenvalue weighted by molar-refractivity contribution is 14.0. The van der Waals surface area contributed by atoms with Gasteiger partial charge in [-0.3, -0.25) is 4.99 Å². The van der Waals surface area contributed by atoms with Crippen molar-refractivity contribution in [1.82, 2.24) is 10.2 Å². The standard InChI is InChI=1S/C19H37N3O2.HI/c1-6-8-11-24-17-12-16(19(17,3)4)21-18(20-7-2)22-10-9-15(13-22)14-23-5;/h15-17H,6-14H2,1-5H3,(H,20,21);1H. The molecule has 2 fully saturated rings. The third-order valence-electron chi connectivity index (χ3n) is 5.59. The number of ether oxygens (including phenoxy) is 2. The molecule has 1 saturated heterocycles. The Kier molecular flexibility index (Phi) is 10.0. The summed E-state index contributed by atoms with van der Waals surface area (Å²) < 4.78 is 11.4. The quantitative estimate of drug-likeness (QED) is 0.257. The van der Waals surface area contributed by atoms with E-state index in [1.165, 1.54) is 12.8 Å². The number of nitrogens with one attached hydrogen (secondary N) is 1.